The summed E-state index contributed by atoms with van der Waals surface area (Å²) in [5, 5.41) is 4.28. The molecular weight excluding hydrogens is 278 g/mol. The minimum absolute atomic E-state index is 0.839. The number of nitrogens with one attached hydrogen (secondary N) is 1. The van der Waals surface area contributed by atoms with Gasteiger partial charge < -0.3 is 5.32 Å². The van der Waals surface area contributed by atoms with Gasteiger partial charge in [-0.25, -0.2) is 0 Å². The number of hydrogen-bond acceptors (Lipinski definition) is 1. The number of halogens is 1. The molecule has 0 saturated heterocycles. The highest BCUT2D eigenvalue weighted by atomic mass is 35.5. The van der Waals surface area contributed by atoms with Crippen molar-refractivity contribution in [3.63, 3.8) is 0 Å². The average molecular weight is 300 g/mol. The first kappa shape index (κ1) is 14.6. The van der Waals surface area contributed by atoms with Crippen molar-refractivity contribution < 1.29 is 0 Å². The van der Waals surface area contributed by atoms with Crippen LogP contribution in [0.1, 0.15) is 36.5 Å². The average Bonchev–Trinajstić information content (AvgIpc) is 2.97. The molecule has 0 amide bonds. The van der Waals surface area contributed by atoms with E-state index in [1.54, 1.807) is 0 Å². The Labute approximate surface area is 132 Å². The molecule has 0 fully saturated rings. The molecular formula is C19H22ClN. The lowest BCUT2D eigenvalue weighted by molar-refractivity contribution is 0.676. The number of rotatable bonds is 5. The lowest BCUT2D eigenvalue weighted by Gasteiger charge is -2.10. The highest BCUT2D eigenvalue weighted by molar-refractivity contribution is 6.31. The summed E-state index contributed by atoms with van der Waals surface area (Å²) in [5.41, 5.74) is 6.81. The van der Waals surface area contributed by atoms with Crippen LogP contribution < -0.4 is 5.32 Å². The summed E-state index contributed by atoms with van der Waals surface area (Å²) in [7, 11) is 0. The Kier molecular flexibility index (Phi) is 4.62. The Balaban J connectivity index is 1.86. The lowest BCUT2D eigenvalue weighted by Crippen LogP contribution is -2.14. The lowest BCUT2D eigenvalue weighted by atomic mass is 9.99. The molecule has 0 saturated carbocycles. The highest BCUT2D eigenvalue weighted by Crippen LogP contribution is 2.30. The normalized spacial score (nSPS) is 13.4. The predicted octanol–water partition coefficient (Wildman–Crippen LogP) is 5.00. The standard InChI is InChI=1S/C19H22ClN/c1-2-10-21-13-18-12-17(8-9-19(18)20)16-7-6-14-4-3-5-15(14)11-16/h6-9,11-12,21H,2-5,10,13H2,1H3. The minimum atomic E-state index is 0.839. The van der Waals surface area contributed by atoms with Gasteiger partial charge in [0, 0.05) is 11.6 Å². The fourth-order valence-electron chi connectivity index (χ4n) is 3.04. The maximum atomic E-state index is 6.32. The van der Waals surface area contributed by atoms with E-state index in [2.05, 4.69) is 42.6 Å². The van der Waals surface area contributed by atoms with Crippen LogP contribution in [0.4, 0.5) is 0 Å². The maximum absolute atomic E-state index is 6.32. The number of aryl methyl sites for hydroxylation is 2. The fourth-order valence-corrected chi connectivity index (χ4v) is 3.23. The van der Waals surface area contributed by atoms with Gasteiger partial charge >= 0.3 is 0 Å². The van der Waals surface area contributed by atoms with E-state index in [4.69, 9.17) is 11.6 Å². The molecule has 0 heterocycles. The van der Waals surface area contributed by atoms with Gasteiger partial charge in [-0.1, -0.05) is 42.8 Å². The molecule has 3 rings (SSSR count). The smallest absolute Gasteiger partial charge is 0.0451 e. The number of benzene rings is 2. The van der Waals surface area contributed by atoms with E-state index in [0.29, 0.717) is 0 Å². The zero-order chi connectivity index (χ0) is 14.7. The van der Waals surface area contributed by atoms with E-state index in [1.807, 2.05) is 6.07 Å². The Morgan fingerprint density at radius 2 is 1.76 bits per heavy atom. The molecule has 0 unspecified atom stereocenters. The van der Waals surface area contributed by atoms with Crippen LogP contribution in [-0.4, -0.2) is 6.54 Å². The molecule has 0 atom stereocenters. The molecule has 0 aliphatic heterocycles. The van der Waals surface area contributed by atoms with Crippen LogP contribution in [0.3, 0.4) is 0 Å². The van der Waals surface area contributed by atoms with Gasteiger partial charge in [0.2, 0.25) is 0 Å². The molecule has 110 valence electrons. The van der Waals surface area contributed by atoms with Crippen LogP contribution in [0.2, 0.25) is 5.02 Å². The summed E-state index contributed by atoms with van der Waals surface area (Å²) in [6.45, 7) is 4.04. The first-order valence-electron chi connectivity index (χ1n) is 7.89. The van der Waals surface area contributed by atoms with Crippen molar-refractivity contribution in [1.82, 2.24) is 5.32 Å². The van der Waals surface area contributed by atoms with Gasteiger partial charge in [-0.05, 0) is 72.2 Å². The monoisotopic (exact) mass is 299 g/mol. The Morgan fingerprint density at radius 1 is 1.00 bits per heavy atom. The first-order chi connectivity index (χ1) is 10.3. The van der Waals surface area contributed by atoms with E-state index in [-0.39, 0.29) is 0 Å². The van der Waals surface area contributed by atoms with Gasteiger partial charge in [0.15, 0.2) is 0 Å². The minimum Gasteiger partial charge on any atom is -0.313 e. The van der Waals surface area contributed by atoms with Gasteiger partial charge in [-0.3, -0.25) is 0 Å². The van der Waals surface area contributed by atoms with E-state index in [9.17, 15) is 0 Å². The molecule has 1 nitrogen and oxygen atoms in total. The predicted molar refractivity (Wildman–Crippen MR) is 90.9 cm³/mol. The summed E-state index contributed by atoms with van der Waals surface area (Å²) >= 11 is 6.32. The van der Waals surface area contributed by atoms with Crippen molar-refractivity contribution in [3.05, 3.63) is 58.1 Å². The van der Waals surface area contributed by atoms with E-state index in [1.165, 1.54) is 47.1 Å². The van der Waals surface area contributed by atoms with Crippen molar-refractivity contribution in [2.45, 2.75) is 39.2 Å². The molecule has 0 aromatic heterocycles. The molecule has 0 spiro atoms. The zero-order valence-corrected chi connectivity index (χ0v) is 13.3. The first-order valence-corrected chi connectivity index (χ1v) is 8.27. The van der Waals surface area contributed by atoms with Crippen LogP contribution in [0, 0.1) is 0 Å². The van der Waals surface area contributed by atoms with Crippen LogP contribution >= 0.6 is 11.6 Å². The van der Waals surface area contributed by atoms with Crippen molar-refractivity contribution >= 4 is 11.6 Å². The Hall–Kier alpha value is -1.31. The summed E-state index contributed by atoms with van der Waals surface area (Å²) in [6, 6.07) is 13.3. The van der Waals surface area contributed by atoms with Crippen LogP contribution in [-0.2, 0) is 19.4 Å². The summed E-state index contributed by atoms with van der Waals surface area (Å²) in [5.74, 6) is 0. The van der Waals surface area contributed by atoms with Gasteiger partial charge in [-0.2, -0.15) is 0 Å². The number of hydrogen-bond donors (Lipinski definition) is 1. The Morgan fingerprint density at radius 3 is 2.62 bits per heavy atom. The van der Waals surface area contributed by atoms with Crippen molar-refractivity contribution in [2.24, 2.45) is 0 Å². The van der Waals surface area contributed by atoms with Crippen LogP contribution in [0.5, 0.6) is 0 Å². The van der Waals surface area contributed by atoms with Gasteiger partial charge in [0.05, 0.1) is 0 Å². The van der Waals surface area contributed by atoms with E-state index >= 15 is 0 Å². The topological polar surface area (TPSA) is 12.0 Å². The summed E-state index contributed by atoms with van der Waals surface area (Å²) in [4.78, 5) is 0. The largest absolute Gasteiger partial charge is 0.313 e. The molecule has 1 aliphatic rings. The molecule has 21 heavy (non-hydrogen) atoms. The van der Waals surface area contributed by atoms with Crippen molar-refractivity contribution in [1.29, 1.82) is 0 Å². The molecule has 1 aliphatic carbocycles. The Bertz CT molecular complexity index is 633. The summed E-state index contributed by atoms with van der Waals surface area (Å²) in [6.07, 6.45) is 4.90. The van der Waals surface area contributed by atoms with Crippen molar-refractivity contribution in [2.75, 3.05) is 6.54 Å². The molecule has 0 radical (unpaired) electrons. The van der Waals surface area contributed by atoms with E-state index in [0.717, 1.165) is 24.5 Å². The van der Waals surface area contributed by atoms with Gasteiger partial charge in [-0.15, -0.1) is 0 Å². The van der Waals surface area contributed by atoms with Crippen LogP contribution in [0.15, 0.2) is 36.4 Å². The third kappa shape index (κ3) is 3.30. The fraction of sp³-hybridized carbons (Fsp3) is 0.368. The SMILES string of the molecule is CCCNCc1cc(-c2ccc3c(c2)CCC3)ccc1Cl. The van der Waals surface area contributed by atoms with Crippen molar-refractivity contribution in [3.8, 4) is 11.1 Å². The molecule has 1 N–H and O–H groups in total. The van der Waals surface area contributed by atoms with Crippen LogP contribution in [0.25, 0.3) is 11.1 Å². The summed E-state index contributed by atoms with van der Waals surface area (Å²) < 4.78 is 0. The second-order valence-corrected chi connectivity index (χ2v) is 6.23. The number of fused-ring (bicyclic) bond motifs is 1. The zero-order valence-electron chi connectivity index (χ0n) is 12.6. The second kappa shape index (κ2) is 6.64. The van der Waals surface area contributed by atoms with Gasteiger partial charge in [0.25, 0.3) is 0 Å². The third-order valence-electron chi connectivity index (χ3n) is 4.22. The van der Waals surface area contributed by atoms with E-state index < -0.39 is 0 Å². The molecule has 0 bridgehead atoms. The van der Waals surface area contributed by atoms with Gasteiger partial charge in [0.1, 0.15) is 0 Å². The maximum Gasteiger partial charge on any atom is 0.0451 e. The quantitative estimate of drug-likeness (QED) is 0.767. The second-order valence-electron chi connectivity index (χ2n) is 5.82. The third-order valence-corrected chi connectivity index (χ3v) is 4.59. The molecule has 2 aromatic carbocycles. The molecule has 2 aromatic rings. The molecule has 2 heteroatoms. The highest BCUT2D eigenvalue weighted by Gasteiger charge is 2.12.